The van der Waals surface area contributed by atoms with Crippen LogP contribution in [0.4, 0.5) is 0 Å². The fourth-order valence-corrected chi connectivity index (χ4v) is 4.44. The molecule has 1 saturated heterocycles. The number of hydrogen-bond acceptors (Lipinski definition) is 6. The molecule has 0 radical (unpaired) electrons. The Labute approximate surface area is 211 Å². The first-order valence-electron chi connectivity index (χ1n) is 12.2. The van der Waals surface area contributed by atoms with Crippen LogP contribution in [0.25, 0.3) is 0 Å². The van der Waals surface area contributed by atoms with Crippen molar-refractivity contribution in [2.45, 2.75) is 45.2 Å². The maximum absolute atomic E-state index is 13.7. The van der Waals surface area contributed by atoms with E-state index in [1.165, 1.54) is 0 Å². The molecule has 0 spiro atoms. The largest absolute Gasteiger partial charge is 0.493 e. The summed E-state index contributed by atoms with van der Waals surface area (Å²) in [5.41, 5.74) is 2.99. The second kappa shape index (κ2) is 11.7. The first-order valence-corrected chi connectivity index (χ1v) is 12.2. The third-order valence-corrected chi connectivity index (χ3v) is 6.29. The summed E-state index contributed by atoms with van der Waals surface area (Å²) in [5, 5.41) is 7.27. The number of methoxy groups -OCH3 is 1. The molecule has 0 unspecified atom stereocenters. The van der Waals surface area contributed by atoms with Crippen molar-refractivity contribution in [1.82, 2.24) is 25.0 Å². The Bertz CT molecular complexity index is 1190. The summed E-state index contributed by atoms with van der Waals surface area (Å²) in [6, 6.07) is 12.6. The molecule has 190 valence electrons. The van der Waals surface area contributed by atoms with Crippen molar-refractivity contribution in [3.05, 3.63) is 71.3 Å². The summed E-state index contributed by atoms with van der Waals surface area (Å²) < 4.78 is 13.1. The standard InChI is InChI=1S/C27H33N5O4/c1-19-16-23(31(2)30-19)27(34)32(22-9-5-7-14-29-26(22)33)18-20-10-11-24(25(17-20)35-3)36-15-12-21-8-4-6-13-28-21/h4,6,8,10-11,13,16-17,22H,5,7,9,12,14-15,18H2,1-3H3,(H,29,33)/t22-/m0/s1. The average Bonchev–Trinajstić information content (AvgIpc) is 3.08. The van der Waals surface area contributed by atoms with Crippen molar-refractivity contribution >= 4 is 11.8 Å². The first-order chi connectivity index (χ1) is 17.5. The molecule has 4 rings (SSSR count). The van der Waals surface area contributed by atoms with E-state index in [0.29, 0.717) is 43.2 Å². The van der Waals surface area contributed by atoms with E-state index in [-0.39, 0.29) is 18.4 Å². The van der Waals surface area contributed by atoms with E-state index in [0.717, 1.165) is 29.8 Å². The highest BCUT2D eigenvalue weighted by Gasteiger charge is 2.33. The minimum Gasteiger partial charge on any atom is -0.493 e. The predicted molar refractivity (Wildman–Crippen MR) is 135 cm³/mol. The van der Waals surface area contributed by atoms with Crippen LogP contribution in [0.2, 0.25) is 0 Å². The quantitative estimate of drug-likeness (QED) is 0.494. The van der Waals surface area contributed by atoms with E-state index in [1.807, 2.05) is 43.3 Å². The Morgan fingerprint density at radius 3 is 2.78 bits per heavy atom. The van der Waals surface area contributed by atoms with Crippen molar-refractivity contribution in [2.24, 2.45) is 7.05 Å². The van der Waals surface area contributed by atoms with E-state index >= 15 is 0 Å². The number of nitrogens with zero attached hydrogens (tertiary/aromatic N) is 4. The summed E-state index contributed by atoms with van der Waals surface area (Å²) in [5.74, 6) is 0.836. The Hall–Kier alpha value is -3.88. The van der Waals surface area contributed by atoms with E-state index < -0.39 is 6.04 Å². The van der Waals surface area contributed by atoms with Gasteiger partial charge in [0.05, 0.1) is 19.4 Å². The molecule has 9 heteroatoms. The molecule has 1 N–H and O–H groups in total. The zero-order chi connectivity index (χ0) is 25.5. The van der Waals surface area contributed by atoms with E-state index in [9.17, 15) is 9.59 Å². The number of amides is 2. The lowest BCUT2D eigenvalue weighted by molar-refractivity contribution is -0.125. The lowest BCUT2D eigenvalue weighted by atomic mass is 10.1. The van der Waals surface area contributed by atoms with Crippen molar-refractivity contribution < 1.29 is 19.1 Å². The van der Waals surface area contributed by atoms with Crippen LogP contribution in [0.5, 0.6) is 11.5 Å². The molecule has 36 heavy (non-hydrogen) atoms. The Morgan fingerprint density at radius 2 is 2.06 bits per heavy atom. The van der Waals surface area contributed by atoms with Crippen LogP contribution in [-0.2, 0) is 24.8 Å². The van der Waals surface area contributed by atoms with Crippen LogP contribution in [0, 0.1) is 6.92 Å². The van der Waals surface area contributed by atoms with E-state index in [1.54, 1.807) is 36.0 Å². The number of aryl methyl sites for hydroxylation is 2. The number of carbonyl (C=O) groups excluding carboxylic acids is 2. The molecule has 1 atom stereocenters. The molecule has 1 aliphatic rings. The van der Waals surface area contributed by atoms with Crippen LogP contribution < -0.4 is 14.8 Å². The van der Waals surface area contributed by atoms with Gasteiger partial charge >= 0.3 is 0 Å². The van der Waals surface area contributed by atoms with Gasteiger partial charge < -0.3 is 19.7 Å². The van der Waals surface area contributed by atoms with E-state index in [2.05, 4.69) is 15.4 Å². The van der Waals surface area contributed by atoms with E-state index in [4.69, 9.17) is 9.47 Å². The Kier molecular flexibility index (Phi) is 8.20. The van der Waals surface area contributed by atoms with Crippen molar-refractivity contribution in [3.8, 4) is 11.5 Å². The van der Waals surface area contributed by atoms with Gasteiger partial charge in [-0.2, -0.15) is 5.10 Å². The molecule has 0 saturated carbocycles. The molecule has 0 aliphatic carbocycles. The molecule has 2 amide bonds. The van der Waals surface area contributed by atoms with Gasteiger partial charge in [-0.15, -0.1) is 0 Å². The fraction of sp³-hybridized carbons (Fsp3) is 0.407. The van der Waals surface area contributed by atoms with Gasteiger partial charge in [0.1, 0.15) is 11.7 Å². The fourth-order valence-electron chi connectivity index (χ4n) is 4.44. The smallest absolute Gasteiger partial charge is 0.273 e. The highest BCUT2D eigenvalue weighted by Crippen LogP contribution is 2.30. The van der Waals surface area contributed by atoms with Gasteiger partial charge in [-0.05, 0) is 62.1 Å². The highest BCUT2D eigenvalue weighted by molar-refractivity contribution is 5.96. The summed E-state index contributed by atoms with van der Waals surface area (Å²) >= 11 is 0. The number of pyridine rings is 1. The molecule has 1 aromatic carbocycles. The molecule has 1 aliphatic heterocycles. The minimum atomic E-state index is -0.560. The van der Waals surface area contributed by atoms with Crippen LogP contribution in [0.1, 0.15) is 46.7 Å². The number of carbonyl (C=O) groups is 2. The van der Waals surface area contributed by atoms with Gasteiger partial charge in [-0.3, -0.25) is 19.3 Å². The molecule has 3 heterocycles. The first kappa shape index (κ1) is 25.2. The second-order valence-electron chi connectivity index (χ2n) is 8.93. The van der Waals surface area contributed by atoms with Crippen molar-refractivity contribution in [2.75, 3.05) is 20.3 Å². The molecule has 0 bridgehead atoms. The van der Waals surface area contributed by atoms with Gasteiger partial charge in [0, 0.05) is 38.4 Å². The SMILES string of the molecule is COc1cc(CN(C(=O)c2cc(C)nn2C)[C@H]2CCCCNC2=O)ccc1OCCc1ccccn1. The number of rotatable bonds is 9. The van der Waals surface area contributed by atoms with Crippen LogP contribution in [-0.4, -0.2) is 57.8 Å². The predicted octanol–water partition coefficient (Wildman–Crippen LogP) is 3.06. The highest BCUT2D eigenvalue weighted by atomic mass is 16.5. The molecule has 1 fully saturated rings. The maximum atomic E-state index is 13.7. The van der Waals surface area contributed by atoms with Gasteiger partial charge in [0.25, 0.3) is 5.91 Å². The zero-order valence-electron chi connectivity index (χ0n) is 21.1. The maximum Gasteiger partial charge on any atom is 0.273 e. The monoisotopic (exact) mass is 491 g/mol. The molecule has 3 aromatic rings. The number of nitrogens with one attached hydrogen (secondary N) is 1. The summed E-state index contributed by atoms with van der Waals surface area (Å²) in [4.78, 5) is 32.5. The lowest BCUT2D eigenvalue weighted by Crippen LogP contribution is -2.48. The summed E-state index contributed by atoms with van der Waals surface area (Å²) in [7, 11) is 3.33. The van der Waals surface area contributed by atoms with Crippen LogP contribution >= 0.6 is 0 Å². The third-order valence-electron chi connectivity index (χ3n) is 6.29. The average molecular weight is 492 g/mol. The molecule has 2 aromatic heterocycles. The lowest BCUT2D eigenvalue weighted by Gasteiger charge is -2.30. The van der Waals surface area contributed by atoms with Gasteiger partial charge in [-0.1, -0.05) is 12.1 Å². The van der Waals surface area contributed by atoms with Crippen LogP contribution in [0.15, 0.2) is 48.7 Å². The summed E-state index contributed by atoms with van der Waals surface area (Å²) in [6.07, 6.45) is 4.81. The molecule has 9 nitrogen and oxygen atoms in total. The molecular weight excluding hydrogens is 458 g/mol. The second-order valence-corrected chi connectivity index (χ2v) is 8.93. The number of benzene rings is 1. The van der Waals surface area contributed by atoms with Gasteiger partial charge in [0.15, 0.2) is 11.5 Å². The Balaban J connectivity index is 1.55. The normalized spacial score (nSPS) is 15.6. The third kappa shape index (κ3) is 6.02. The number of ether oxygens (including phenoxy) is 2. The zero-order valence-corrected chi connectivity index (χ0v) is 21.1. The van der Waals surface area contributed by atoms with Gasteiger partial charge in [0.2, 0.25) is 5.91 Å². The van der Waals surface area contributed by atoms with Crippen LogP contribution in [0.3, 0.4) is 0 Å². The number of aromatic nitrogens is 3. The van der Waals surface area contributed by atoms with Crippen molar-refractivity contribution in [3.63, 3.8) is 0 Å². The van der Waals surface area contributed by atoms with Gasteiger partial charge in [-0.25, -0.2) is 0 Å². The number of hydrogen-bond donors (Lipinski definition) is 1. The molecular formula is C27H33N5O4. The minimum absolute atomic E-state index is 0.124. The van der Waals surface area contributed by atoms with Crippen molar-refractivity contribution in [1.29, 1.82) is 0 Å². The topological polar surface area (TPSA) is 98.6 Å². The Morgan fingerprint density at radius 1 is 1.19 bits per heavy atom. The summed E-state index contributed by atoms with van der Waals surface area (Å²) in [6.45, 7) is 3.18.